The molecule has 2 aromatic rings. The Morgan fingerprint density at radius 2 is 2.19 bits per heavy atom. The molecule has 21 heavy (non-hydrogen) atoms. The fourth-order valence-corrected chi connectivity index (χ4v) is 3.75. The zero-order valence-electron chi connectivity index (χ0n) is 12.0. The van der Waals surface area contributed by atoms with Gasteiger partial charge in [0.15, 0.2) is 5.82 Å². The van der Waals surface area contributed by atoms with Gasteiger partial charge in [0.25, 0.3) is 5.89 Å². The Morgan fingerprint density at radius 3 is 2.86 bits per heavy atom. The van der Waals surface area contributed by atoms with Crippen molar-refractivity contribution in [2.24, 2.45) is 5.73 Å². The minimum atomic E-state index is -0.222. The molecule has 0 aliphatic carbocycles. The first kappa shape index (κ1) is 15.0. The maximum absolute atomic E-state index is 6.23. The number of hydrogen-bond acceptors (Lipinski definition) is 6. The second kappa shape index (κ2) is 6.44. The molecule has 0 aromatic carbocycles. The Balaban J connectivity index is 1.70. The number of piperidine rings is 1. The first-order chi connectivity index (χ1) is 10.1. The van der Waals surface area contributed by atoms with Gasteiger partial charge in [0.05, 0.1) is 11.1 Å². The maximum Gasteiger partial charge on any atom is 0.269 e. The number of nitrogens with two attached hydrogens (primary N) is 1. The Bertz CT molecular complexity index is 606. The van der Waals surface area contributed by atoms with Crippen LogP contribution in [0.25, 0.3) is 10.8 Å². The van der Waals surface area contributed by atoms with Crippen molar-refractivity contribution >= 4 is 22.9 Å². The van der Waals surface area contributed by atoms with Crippen molar-refractivity contribution in [3.8, 4) is 10.8 Å². The number of aromatic nitrogens is 2. The van der Waals surface area contributed by atoms with Gasteiger partial charge in [0.2, 0.25) is 0 Å². The predicted molar refractivity (Wildman–Crippen MR) is 84.6 cm³/mol. The van der Waals surface area contributed by atoms with E-state index in [4.69, 9.17) is 21.9 Å². The van der Waals surface area contributed by atoms with Crippen LogP contribution in [0, 0.1) is 6.92 Å². The molecular formula is C14H19ClN4OS. The lowest BCUT2D eigenvalue weighted by atomic mass is 10.1. The Labute approximate surface area is 133 Å². The lowest BCUT2D eigenvalue weighted by Gasteiger charge is -2.27. The number of hydrogen-bond donors (Lipinski definition) is 1. The standard InChI is InChI=1S/C14H19ClN4OS/c1-9-8-21-12(11(9)15)14-17-13(18-20-14)10(16)7-19-5-3-2-4-6-19/h8,10H,2-7,16H2,1H3. The summed E-state index contributed by atoms with van der Waals surface area (Å²) in [5, 5.41) is 6.68. The van der Waals surface area contributed by atoms with Crippen molar-refractivity contribution in [1.29, 1.82) is 0 Å². The molecule has 1 fully saturated rings. The van der Waals surface area contributed by atoms with Crippen molar-refractivity contribution < 1.29 is 4.52 Å². The molecule has 1 aliphatic heterocycles. The smallest absolute Gasteiger partial charge is 0.269 e. The van der Waals surface area contributed by atoms with Crippen LogP contribution in [0.3, 0.4) is 0 Å². The summed E-state index contributed by atoms with van der Waals surface area (Å²) in [6.45, 7) is 4.95. The molecule has 0 saturated carbocycles. The third kappa shape index (κ3) is 3.29. The molecule has 5 nitrogen and oxygen atoms in total. The molecule has 1 aliphatic rings. The van der Waals surface area contributed by atoms with Gasteiger partial charge in [-0.25, -0.2) is 0 Å². The zero-order valence-corrected chi connectivity index (χ0v) is 13.6. The van der Waals surface area contributed by atoms with E-state index in [1.54, 1.807) is 0 Å². The first-order valence-electron chi connectivity index (χ1n) is 7.20. The van der Waals surface area contributed by atoms with E-state index in [2.05, 4.69) is 15.0 Å². The van der Waals surface area contributed by atoms with E-state index in [0.29, 0.717) is 16.7 Å². The topological polar surface area (TPSA) is 68.2 Å². The van der Waals surface area contributed by atoms with E-state index in [0.717, 1.165) is 30.1 Å². The summed E-state index contributed by atoms with van der Waals surface area (Å²) >= 11 is 7.74. The van der Waals surface area contributed by atoms with Crippen LogP contribution in [0.2, 0.25) is 5.02 Å². The molecule has 3 heterocycles. The zero-order chi connectivity index (χ0) is 14.8. The Morgan fingerprint density at radius 1 is 1.43 bits per heavy atom. The van der Waals surface area contributed by atoms with Gasteiger partial charge in [-0.2, -0.15) is 4.98 Å². The second-order valence-electron chi connectivity index (χ2n) is 5.49. The summed E-state index contributed by atoms with van der Waals surface area (Å²) in [7, 11) is 0. The monoisotopic (exact) mass is 326 g/mol. The second-order valence-corrected chi connectivity index (χ2v) is 6.74. The van der Waals surface area contributed by atoms with Gasteiger partial charge in [0.1, 0.15) is 4.88 Å². The number of halogens is 1. The minimum Gasteiger partial charge on any atom is -0.333 e. The van der Waals surface area contributed by atoms with Crippen LogP contribution in [0.5, 0.6) is 0 Å². The quantitative estimate of drug-likeness (QED) is 0.934. The summed E-state index contributed by atoms with van der Waals surface area (Å²) < 4.78 is 5.32. The van der Waals surface area contributed by atoms with E-state index in [9.17, 15) is 0 Å². The summed E-state index contributed by atoms with van der Waals surface area (Å²) in [4.78, 5) is 7.60. The van der Waals surface area contributed by atoms with E-state index in [-0.39, 0.29) is 6.04 Å². The highest BCUT2D eigenvalue weighted by molar-refractivity contribution is 7.14. The lowest BCUT2D eigenvalue weighted by molar-refractivity contribution is 0.213. The highest BCUT2D eigenvalue weighted by Gasteiger charge is 2.21. The molecule has 0 radical (unpaired) electrons. The van der Waals surface area contributed by atoms with E-state index < -0.39 is 0 Å². The number of nitrogens with zero attached hydrogens (tertiary/aromatic N) is 3. The van der Waals surface area contributed by atoms with Crippen molar-refractivity contribution in [2.45, 2.75) is 32.2 Å². The van der Waals surface area contributed by atoms with Crippen LogP contribution in [0.4, 0.5) is 0 Å². The van der Waals surface area contributed by atoms with E-state index in [1.807, 2.05) is 12.3 Å². The van der Waals surface area contributed by atoms with Crippen LogP contribution in [-0.4, -0.2) is 34.7 Å². The SMILES string of the molecule is Cc1csc(-c2nc(C(N)CN3CCCCC3)no2)c1Cl. The molecular weight excluding hydrogens is 308 g/mol. The third-order valence-corrected chi connectivity index (χ3v) is 5.46. The molecule has 2 aromatic heterocycles. The average molecular weight is 327 g/mol. The van der Waals surface area contributed by atoms with Gasteiger partial charge >= 0.3 is 0 Å². The van der Waals surface area contributed by atoms with Gasteiger partial charge in [-0.15, -0.1) is 11.3 Å². The van der Waals surface area contributed by atoms with Gasteiger partial charge in [-0.3, -0.25) is 0 Å². The number of thiophene rings is 1. The van der Waals surface area contributed by atoms with Crippen LogP contribution < -0.4 is 5.73 Å². The third-order valence-electron chi connectivity index (χ3n) is 3.77. The van der Waals surface area contributed by atoms with Crippen molar-refractivity contribution in [3.63, 3.8) is 0 Å². The highest BCUT2D eigenvalue weighted by Crippen LogP contribution is 2.35. The van der Waals surface area contributed by atoms with Crippen LogP contribution in [0.15, 0.2) is 9.90 Å². The minimum absolute atomic E-state index is 0.222. The van der Waals surface area contributed by atoms with Gasteiger partial charge in [-0.05, 0) is 43.8 Å². The first-order valence-corrected chi connectivity index (χ1v) is 8.46. The fraction of sp³-hybridized carbons (Fsp3) is 0.571. The molecule has 0 spiro atoms. The summed E-state index contributed by atoms with van der Waals surface area (Å²) in [6.07, 6.45) is 3.80. The predicted octanol–water partition coefficient (Wildman–Crippen LogP) is 3.25. The van der Waals surface area contributed by atoms with Crippen molar-refractivity contribution in [2.75, 3.05) is 19.6 Å². The molecule has 2 N–H and O–H groups in total. The van der Waals surface area contributed by atoms with E-state index in [1.165, 1.54) is 30.6 Å². The molecule has 1 saturated heterocycles. The van der Waals surface area contributed by atoms with Gasteiger partial charge in [0, 0.05) is 6.54 Å². The Kier molecular flexibility index (Phi) is 4.59. The Hall–Kier alpha value is -0.950. The maximum atomic E-state index is 6.23. The van der Waals surface area contributed by atoms with Crippen molar-refractivity contribution in [1.82, 2.24) is 15.0 Å². The molecule has 3 rings (SSSR count). The molecule has 0 bridgehead atoms. The lowest BCUT2D eigenvalue weighted by Crippen LogP contribution is -2.36. The number of likely N-dealkylation sites (tertiary alicyclic amines) is 1. The van der Waals surface area contributed by atoms with Crippen molar-refractivity contribution in [3.05, 3.63) is 21.8 Å². The molecule has 1 unspecified atom stereocenters. The molecule has 0 amide bonds. The van der Waals surface area contributed by atoms with Gasteiger partial charge in [-0.1, -0.05) is 23.2 Å². The normalized spacial score (nSPS) is 18.0. The van der Waals surface area contributed by atoms with Crippen LogP contribution in [0.1, 0.15) is 36.7 Å². The highest BCUT2D eigenvalue weighted by atomic mass is 35.5. The molecule has 1 atom stereocenters. The number of aryl methyl sites for hydroxylation is 1. The summed E-state index contributed by atoms with van der Waals surface area (Å²) in [6, 6.07) is -0.222. The summed E-state index contributed by atoms with van der Waals surface area (Å²) in [5.74, 6) is 1.01. The van der Waals surface area contributed by atoms with Crippen LogP contribution in [-0.2, 0) is 0 Å². The fourth-order valence-electron chi connectivity index (χ4n) is 2.55. The number of rotatable bonds is 4. The molecule has 114 valence electrons. The molecule has 7 heteroatoms. The van der Waals surface area contributed by atoms with E-state index >= 15 is 0 Å². The largest absolute Gasteiger partial charge is 0.333 e. The summed E-state index contributed by atoms with van der Waals surface area (Å²) in [5.41, 5.74) is 7.23. The van der Waals surface area contributed by atoms with Crippen LogP contribution >= 0.6 is 22.9 Å². The van der Waals surface area contributed by atoms with Gasteiger partial charge < -0.3 is 15.2 Å². The average Bonchev–Trinajstić information content (AvgIpc) is 3.09.